The number of carbonyl (C=O) groups excluding carboxylic acids is 1. The fraction of sp³-hybridized carbons (Fsp3) is 0.474. The summed E-state index contributed by atoms with van der Waals surface area (Å²) >= 11 is 0. The molecule has 24 heavy (non-hydrogen) atoms. The van der Waals surface area contributed by atoms with Crippen molar-refractivity contribution in [2.45, 2.75) is 51.5 Å². The summed E-state index contributed by atoms with van der Waals surface area (Å²) in [6, 6.07) is 8.33. The van der Waals surface area contributed by atoms with Crippen LogP contribution in [-0.4, -0.2) is 17.7 Å². The molecule has 0 bridgehead atoms. The van der Waals surface area contributed by atoms with E-state index >= 15 is 0 Å². The molecule has 0 saturated heterocycles. The van der Waals surface area contributed by atoms with E-state index in [0.29, 0.717) is 6.54 Å². The maximum absolute atomic E-state index is 12.8. The molecule has 0 unspecified atom stereocenters. The summed E-state index contributed by atoms with van der Waals surface area (Å²) in [5.74, 6) is 0.766. The van der Waals surface area contributed by atoms with Gasteiger partial charge in [0.05, 0.1) is 5.69 Å². The number of para-hydroxylation sites is 1. The van der Waals surface area contributed by atoms with E-state index in [-0.39, 0.29) is 11.4 Å². The third-order valence-electron chi connectivity index (χ3n) is 5.63. The maximum Gasteiger partial charge on any atom is 0.322 e. The van der Waals surface area contributed by atoms with Crippen LogP contribution in [0, 0.1) is 13.8 Å². The Labute approximate surface area is 142 Å². The predicted molar refractivity (Wildman–Crippen MR) is 92.1 cm³/mol. The smallest absolute Gasteiger partial charge is 0.322 e. The first-order chi connectivity index (χ1) is 11.6. The van der Waals surface area contributed by atoms with Crippen LogP contribution in [0.1, 0.15) is 48.3 Å². The van der Waals surface area contributed by atoms with Crippen LogP contribution in [-0.2, 0) is 12.0 Å². The first-order valence-electron chi connectivity index (χ1n) is 8.67. The Bertz CT molecular complexity index is 755. The molecule has 1 aliphatic carbocycles. The van der Waals surface area contributed by atoms with Crippen molar-refractivity contribution in [3.63, 3.8) is 0 Å². The first kappa shape index (κ1) is 15.2. The highest BCUT2D eigenvalue weighted by Crippen LogP contribution is 2.50. The number of amides is 2. The van der Waals surface area contributed by atoms with Crippen LogP contribution in [0.25, 0.3) is 0 Å². The fourth-order valence-corrected chi connectivity index (χ4v) is 4.30. The zero-order valence-electron chi connectivity index (χ0n) is 14.3. The van der Waals surface area contributed by atoms with Gasteiger partial charge >= 0.3 is 6.03 Å². The average Bonchev–Trinajstić information content (AvgIpc) is 3.27. The van der Waals surface area contributed by atoms with E-state index in [4.69, 9.17) is 4.52 Å². The number of nitrogens with one attached hydrogen (secondary N) is 1. The second-order valence-electron chi connectivity index (χ2n) is 7.05. The summed E-state index contributed by atoms with van der Waals surface area (Å²) in [7, 11) is 0. The van der Waals surface area contributed by atoms with Gasteiger partial charge in [-0.15, -0.1) is 0 Å². The highest BCUT2D eigenvalue weighted by molar-refractivity contribution is 5.95. The van der Waals surface area contributed by atoms with Crippen LogP contribution < -0.4 is 10.2 Å². The number of anilines is 1. The lowest BCUT2D eigenvalue weighted by Crippen LogP contribution is -2.42. The van der Waals surface area contributed by atoms with Crippen LogP contribution in [0.3, 0.4) is 0 Å². The molecule has 1 aromatic heterocycles. The zero-order chi connectivity index (χ0) is 16.7. The largest absolute Gasteiger partial charge is 0.361 e. The molecular formula is C19H23N3O2. The van der Waals surface area contributed by atoms with Gasteiger partial charge in [-0.1, -0.05) is 36.2 Å². The van der Waals surface area contributed by atoms with Crippen molar-refractivity contribution < 1.29 is 9.32 Å². The van der Waals surface area contributed by atoms with Gasteiger partial charge in [0, 0.05) is 29.8 Å². The minimum atomic E-state index is -0.0359. The number of carbonyl (C=O) groups is 1. The van der Waals surface area contributed by atoms with Crippen LogP contribution in [0.15, 0.2) is 28.8 Å². The van der Waals surface area contributed by atoms with E-state index < -0.39 is 0 Å². The van der Waals surface area contributed by atoms with Crippen molar-refractivity contribution in [3.05, 3.63) is 46.8 Å². The number of aromatic nitrogens is 1. The van der Waals surface area contributed by atoms with Gasteiger partial charge in [0.15, 0.2) is 0 Å². The standard InChI is InChI=1S/C19H23N3O2/c1-13-15(14(2)24-21-13)11-20-18(23)22-12-19(9-5-6-10-19)16-7-3-4-8-17(16)22/h3-4,7-8H,5-6,9-12H2,1-2H3,(H,20,23). The Morgan fingerprint density at radius 3 is 2.75 bits per heavy atom. The average molecular weight is 325 g/mol. The summed E-state index contributed by atoms with van der Waals surface area (Å²) in [4.78, 5) is 14.7. The van der Waals surface area contributed by atoms with Crippen molar-refractivity contribution in [1.29, 1.82) is 0 Å². The topological polar surface area (TPSA) is 58.4 Å². The minimum absolute atomic E-state index is 0.0359. The molecule has 2 aromatic rings. The minimum Gasteiger partial charge on any atom is -0.361 e. The molecule has 0 atom stereocenters. The van der Waals surface area contributed by atoms with E-state index in [1.165, 1.54) is 31.2 Å². The van der Waals surface area contributed by atoms with Gasteiger partial charge < -0.3 is 9.84 Å². The Kier molecular flexibility index (Phi) is 3.59. The van der Waals surface area contributed by atoms with Gasteiger partial charge in [-0.2, -0.15) is 0 Å². The van der Waals surface area contributed by atoms with E-state index in [2.05, 4.69) is 28.7 Å². The zero-order valence-corrected chi connectivity index (χ0v) is 14.3. The van der Waals surface area contributed by atoms with Crippen LogP contribution in [0.5, 0.6) is 0 Å². The lowest BCUT2D eigenvalue weighted by molar-refractivity contribution is 0.245. The van der Waals surface area contributed by atoms with Crippen molar-refractivity contribution in [2.24, 2.45) is 0 Å². The molecule has 2 amide bonds. The summed E-state index contributed by atoms with van der Waals surface area (Å²) in [5.41, 5.74) is 4.37. The van der Waals surface area contributed by atoms with Crippen molar-refractivity contribution in [1.82, 2.24) is 10.5 Å². The number of hydrogen-bond acceptors (Lipinski definition) is 3. The van der Waals surface area contributed by atoms with Crippen molar-refractivity contribution in [3.8, 4) is 0 Å². The third-order valence-corrected chi connectivity index (χ3v) is 5.63. The number of rotatable bonds is 2. The van der Waals surface area contributed by atoms with Gasteiger partial charge in [0.1, 0.15) is 5.76 Å². The maximum atomic E-state index is 12.8. The van der Waals surface area contributed by atoms with Gasteiger partial charge in [-0.05, 0) is 38.3 Å². The molecule has 126 valence electrons. The van der Waals surface area contributed by atoms with Crippen LogP contribution in [0.4, 0.5) is 10.5 Å². The highest BCUT2D eigenvalue weighted by atomic mass is 16.5. The van der Waals surface area contributed by atoms with E-state index in [1.807, 2.05) is 24.8 Å². The van der Waals surface area contributed by atoms with Crippen LogP contribution in [0.2, 0.25) is 0 Å². The molecule has 1 saturated carbocycles. The predicted octanol–water partition coefficient (Wildman–Crippen LogP) is 3.83. The van der Waals surface area contributed by atoms with Crippen LogP contribution >= 0.6 is 0 Å². The Balaban J connectivity index is 1.55. The van der Waals surface area contributed by atoms with Gasteiger partial charge in [-0.25, -0.2) is 4.79 Å². The van der Waals surface area contributed by atoms with E-state index in [0.717, 1.165) is 29.2 Å². The number of hydrogen-bond donors (Lipinski definition) is 1. The second kappa shape index (κ2) is 5.65. The lowest BCUT2D eigenvalue weighted by Gasteiger charge is -2.24. The van der Waals surface area contributed by atoms with E-state index in [1.54, 1.807) is 0 Å². The third kappa shape index (κ3) is 2.30. The Morgan fingerprint density at radius 2 is 2.04 bits per heavy atom. The van der Waals surface area contributed by atoms with Gasteiger partial charge in [0.25, 0.3) is 0 Å². The number of urea groups is 1. The molecule has 4 rings (SSSR count). The normalized spacial score (nSPS) is 18.2. The summed E-state index contributed by atoms with van der Waals surface area (Å²) in [6.45, 7) is 5.02. The molecule has 2 heterocycles. The summed E-state index contributed by atoms with van der Waals surface area (Å²) in [6.07, 6.45) is 4.86. The molecule has 1 N–H and O–H groups in total. The van der Waals surface area contributed by atoms with E-state index in [9.17, 15) is 4.79 Å². The first-order valence-corrected chi connectivity index (χ1v) is 8.67. The fourth-order valence-electron chi connectivity index (χ4n) is 4.30. The molecule has 5 nitrogen and oxygen atoms in total. The number of nitrogens with zero attached hydrogens (tertiary/aromatic N) is 2. The summed E-state index contributed by atoms with van der Waals surface area (Å²) < 4.78 is 5.17. The van der Waals surface area contributed by atoms with Gasteiger partial charge in [-0.3, -0.25) is 4.90 Å². The van der Waals surface area contributed by atoms with Gasteiger partial charge in [0.2, 0.25) is 0 Å². The van der Waals surface area contributed by atoms with Crippen molar-refractivity contribution in [2.75, 3.05) is 11.4 Å². The Morgan fingerprint density at radius 1 is 1.29 bits per heavy atom. The molecule has 5 heteroatoms. The van der Waals surface area contributed by atoms with Crippen molar-refractivity contribution >= 4 is 11.7 Å². The Hall–Kier alpha value is -2.30. The molecule has 1 aliphatic heterocycles. The summed E-state index contributed by atoms with van der Waals surface area (Å²) in [5, 5.41) is 6.99. The molecule has 2 aliphatic rings. The molecular weight excluding hydrogens is 302 g/mol. The monoisotopic (exact) mass is 325 g/mol. The molecule has 0 radical (unpaired) electrons. The SMILES string of the molecule is Cc1noc(C)c1CNC(=O)N1CC2(CCCC2)c2ccccc21. The molecule has 1 aromatic carbocycles. The quantitative estimate of drug-likeness (QED) is 0.913. The number of fused-ring (bicyclic) bond motifs is 2. The number of benzene rings is 1. The highest BCUT2D eigenvalue weighted by Gasteiger charge is 2.45. The second-order valence-corrected chi connectivity index (χ2v) is 7.05. The number of aryl methyl sites for hydroxylation is 2. The lowest BCUT2D eigenvalue weighted by atomic mass is 9.81. The molecule has 1 spiro atoms. The molecule has 1 fully saturated rings.